The molecule has 0 amide bonds. The summed E-state index contributed by atoms with van der Waals surface area (Å²) in [5.41, 5.74) is 1.67. The molecule has 0 fully saturated rings. The Labute approximate surface area is 106 Å². The van der Waals surface area contributed by atoms with Crippen LogP contribution in [0, 0.1) is 0 Å². The van der Waals surface area contributed by atoms with Crippen molar-refractivity contribution in [1.29, 1.82) is 0 Å². The lowest BCUT2D eigenvalue weighted by molar-refractivity contribution is 1.07. The summed E-state index contributed by atoms with van der Waals surface area (Å²) in [4.78, 5) is 34.4. The summed E-state index contributed by atoms with van der Waals surface area (Å²) in [6, 6.07) is 5.33. The largest absolute Gasteiger partial charge is 0.379 e. The minimum atomic E-state index is -0.654. The normalized spacial score (nSPS) is 10.7. The molecule has 0 aliphatic carbocycles. The predicted octanol–water partition coefficient (Wildman–Crippen LogP) is 0.552. The Bertz CT molecular complexity index is 816. The van der Waals surface area contributed by atoms with Gasteiger partial charge in [0.05, 0.1) is 29.6 Å². The molecule has 96 valence electrons. The Kier molecular flexibility index (Phi) is 2.64. The Balaban J connectivity index is 1.91. The average molecular weight is 257 g/mol. The molecule has 0 bridgehead atoms. The minimum Gasteiger partial charge on any atom is -0.379 e. The zero-order chi connectivity index (χ0) is 13.2. The molecule has 0 saturated carbocycles. The molecular weight excluding hydrogens is 246 g/mol. The van der Waals surface area contributed by atoms with Crippen molar-refractivity contribution in [3.05, 3.63) is 57.1 Å². The number of anilines is 1. The van der Waals surface area contributed by atoms with E-state index in [0.717, 1.165) is 11.4 Å². The van der Waals surface area contributed by atoms with Crippen LogP contribution in [0.25, 0.3) is 11.0 Å². The molecule has 3 aromatic rings. The summed E-state index contributed by atoms with van der Waals surface area (Å²) in [6.45, 7) is 0.596. The van der Waals surface area contributed by atoms with Gasteiger partial charge in [0.25, 0.3) is 0 Å². The summed E-state index contributed by atoms with van der Waals surface area (Å²) < 4.78 is 0. The van der Waals surface area contributed by atoms with E-state index in [1.54, 1.807) is 24.7 Å². The number of aromatic nitrogens is 4. The van der Waals surface area contributed by atoms with Gasteiger partial charge in [-0.05, 0) is 18.2 Å². The fourth-order valence-corrected chi connectivity index (χ4v) is 1.80. The van der Waals surface area contributed by atoms with Gasteiger partial charge in [-0.25, -0.2) is 4.98 Å². The van der Waals surface area contributed by atoms with Gasteiger partial charge in [-0.15, -0.1) is 0 Å². The third kappa shape index (κ3) is 2.25. The molecule has 4 N–H and O–H groups in total. The zero-order valence-corrected chi connectivity index (χ0v) is 9.86. The van der Waals surface area contributed by atoms with E-state index in [9.17, 15) is 9.59 Å². The molecule has 2 aromatic heterocycles. The molecule has 1 aromatic carbocycles. The Morgan fingerprint density at radius 2 is 1.89 bits per heavy atom. The highest BCUT2D eigenvalue weighted by atomic mass is 16.2. The van der Waals surface area contributed by atoms with E-state index in [1.165, 1.54) is 0 Å². The van der Waals surface area contributed by atoms with Gasteiger partial charge in [0.1, 0.15) is 0 Å². The second-order valence-corrected chi connectivity index (χ2v) is 4.10. The van der Waals surface area contributed by atoms with E-state index in [2.05, 4.69) is 25.3 Å². The molecule has 0 saturated heterocycles. The van der Waals surface area contributed by atoms with E-state index in [1.807, 2.05) is 6.07 Å². The molecule has 7 nitrogen and oxygen atoms in total. The number of hydrogen-bond donors (Lipinski definition) is 4. The van der Waals surface area contributed by atoms with Gasteiger partial charge in [-0.3, -0.25) is 9.59 Å². The minimum absolute atomic E-state index is 0.583. The standard InChI is InChI=1S/C12H11N5O2/c18-11-12(19)17-10-3-7(1-2-9(10)16-11)14-5-8-4-13-6-15-8/h1-4,6,14H,5H2,(H,13,15)(H,16,18)(H,17,19). The van der Waals surface area contributed by atoms with Crippen LogP contribution in [0.15, 0.2) is 40.3 Å². The maximum atomic E-state index is 11.3. The van der Waals surface area contributed by atoms with Crippen LogP contribution in [0.4, 0.5) is 5.69 Å². The lowest BCUT2D eigenvalue weighted by Gasteiger charge is -2.05. The first-order valence-corrected chi connectivity index (χ1v) is 5.70. The van der Waals surface area contributed by atoms with Crippen LogP contribution in [0.3, 0.4) is 0 Å². The van der Waals surface area contributed by atoms with Crippen LogP contribution in [0.1, 0.15) is 5.69 Å². The lowest BCUT2D eigenvalue weighted by atomic mass is 10.2. The first-order valence-electron chi connectivity index (χ1n) is 5.70. The molecule has 0 aliphatic rings. The molecule has 2 heterocycles. The number of benzene rings is 1. The van der Waals surface area contributed by atoms with Gasteiger partial charge in [-0.2, -0.15) is 0 Å². The van der Waals surface area contributed by atoms with E-state index in [-0.39, 0.29) is 0 Å². The average Bonchev–Trinajstić information content (AvgIpc) is 2.91. The number of nitrogens with zero attached hydrogens (tertiary/aromatic N) is 1. The number of imidazole rings is 1. The van der Waals surface area contributed by atoms with Gasteiger partial charge in [0.15, 0.2) is 0 Å². The number of hydrogen-bond acceptors (Lipinski definition) is 4. The molecule has 19 heavy (non-hydrogen) atoms. The van der Waals surface area contributed by atoms with E-state index >= 15 is 0 Å². The summed E-state index contributed by atoms with van der Waals surface area (Å²) >= 11 is 0. The fourth-order valence-electron chi connectivity index (χ4n) is 1.80. The van der Waals surface area contributed by atoms with Gasteiger partial charge >= 0.3 is 11.1 Å². The van der Waals surface area contributed by atoms with Crippen LogP contribution in [0.2, 0.25) is 0 Å². The maximum Gasteiger partial charge on any atom is 0.314 e. The molecule has 0 unspecified atom stereocenters. The van der Waals surface area contributed by atoms with Crippen molar-refractivity contribution in [2.24, 2.45) is 0 Å². The van der Waals surface area contributed by atoms with Crippen LogP contribution < -0.4 is 16.4 Å². The molecular formula is C12H11N5O2. The van der Waals surface area contributed by atoms with Gasteiger partial charge in [-0.1, -0.05) is 0 Å². The Morgan fingerprint density at radius 1 is 1.11 bits per heavy atom. The zero-order valence-electron chi connectivity index (χ0n) is 9.86. The summed E-state index contributed by atoms with van der Waals surface area (Å²) in [7, 11) is 0. The Hall–Kier alpha value is -2.83. The van der Waals surface area contributed by atoms with Crippen molar-refractivity contribution in [2.75, 3.05) is 5.32 Å². The number of H-pyrrole nitrogens is 3. The number of nitrogens with one attached hydrogen (secondary N) is 4. The lowest BCUT2D eigenvalue weighted by Crippen LogP contribution is -2.28. The maximum absolute atomic E-state index is 11.3. The summed E-state index contributed by atoms with van der Waals surface area (Å²) in [5.74, 6) is 0. The number of fused-ring (bicyclic) bond motifs is 1. The van der Waals surface area contributed by atoms with Gasteiger partial charge < -0.3 is 20.3 Å². The number of aromatic amines is 3. The number of rotatable bonds is 3. The highest BCUT2D eigenvalue weighted by Crippen LogP contribution is 2.14. The van der Waals surface area contributed by atoms with Crippen molar-refractivity contribution in [3.8, 4) is 0 Å². The van der Waals surface area contributed by atoms with E-state index < -0.39 is 11.1 Å². The monoisotopic (exact) mass is 257 g/mol. The quantitative estimate of drug-likeness (QED) is 0.514. The fraction of sp³-hybridized carbons (Fsp3) is 0.0833. The van der Waals surface area contributed by atoms with Crippen molar-refractivity contribution < 1.29 is 0 Å². The van der Waals surface area contributed by atoms with Crippen LogP contribution in [0.5, 0.6) is 0 Å². The van der Waals surface area contributed by atoms with Crippen LogP contribution in [-0.2, 0) is 6.54 Å². The first-order chi connectivity index (χ1) is 9.22. The molecule has 0 aliphatic heterocycles. The van der Waals surface area contributed by atoms with Crippen molar-refractivity contribution >= 4 is 16.7 Å². The Morgan fingerprint density at radius 3 is 2.63 bits per heavy atom. The van der Waals surface area contributed by atoms with Crippen molar-refractivity contribution in [2.45, 2.75) is 6.54 Å². The third-order valence-electron chi connectivity index (χ3n) is 2.76. The van der Waals surface area contributed by atoms with E-state index in [0.29, 0.717) is 17.6 Å². The highest BCUT2D eigenvalue weighted by molar-refractivity contribution is 5.78. The second kappa shape index (κ2) is 4.45. The third-order valence-corrected chi connectivity index (χ3v) is 2.76. The highest BCUT2D eigenvalue weighted by Gasteiger charge is 2.01. The summed E-state index contributed by atoms with van der Waals surface area (Å²) in [5, 5.41) is 3.19. The first kappa shape index (κ1) is 11.3. The van der Waals surface area contributed by atoms with Crippen LogP contribution >= 0.6 is 0 Å². The molecule has 0 atom stereocenters. The topological polar surface area (TPSA) is 106 Å². The molecule has 7 heteroatoms. The smallest absolute Gasteiger partial charge is 0.314 e. The second-order valence-electron chi connectivity index (χ2n) is 4.10. The predicted molar refractivity (Wildman–Crippen MR) is 71.1 cm³/mol. The van der Waals surface area contributed by atoms with Gasteiger partial charge in [0, 0.05) is 11.9 Å². The molecule has 3 rings (SSSR count). The SMILES string of the molecule is O=c1[nH]c2ccc(NCc3cnc[nH]3)cc2[nH]c1=O. The molecule has 0 spiro atoms. The van der Waals surface area contributed by atoms with Gasteiger partial charge in [0.2, 0.25) is 0 Å². The van der Waals surface area contributed by atoms with E-state index in [4.69, 9.17) is 0 Å². The summed E-state index contributed by atoms with van der Waals surface area (Å²) in [6.07, 6.45) is 3.34. The van der Waals surface area contributed by atoms with Crippen molar-refractivity contribution in [1.82, 2.24) is 19.9 Å². The molecule has 0 radical (unpaired) electrons. The van der Waals surface area contributed by atoms with Crippen molar-refractivity contribution in [3.63, 3.8) is 0 Å². The van der Waals surface area contributed by atoms with Crippen LogP contribution in [-0.4, -0.2) is 19.9 Å².